The lowest BCUT2D eigenvalue weighted by Crippen LogP contribution is -2.20. The van der Waals surface area contributed by atoms with E-state index >= 15 is 0 Å². The van der Waals surface area contributed by atoms with Crippen molar-refractivity contribution >= 4 is 11.6 Å². The van der Waals surface area contributed by atoms with E-state index < -0.39 is 0 Å². The number of hydrogen-bond acceptors (Lipinski definition) is 1. The Morgan fingerprint density at radius 1 is 1.29 bits per heavy atom. The number of unbranched alkanes of at least 4 members (excludes halogenated alkanes) is 1. The summed E-state index contributed by atoms with van der Waals surface area (Å²) < 4.78 is 0. The second-order valence-corrected chi connectivity index (χ2v) is 3.96. The Labute approximate surface area is 91.5 Å². The minimum atomic E-state index is 0.0908. The lowest BCUT2D eigenvalue weighted by atomic mass is 10.1. The summed E-state index contributed by atoms with van der Waals surface area (Å²) in [5.74, 6) is 0. The Hall–Kier alpha value is -0.530. The summed E-state index contributed by atoms with van der Waals surface area (Å²) in [6.07, 6.45) is 2.45. The fraction of sp³-hybridized carbons (Fsp3) is 0.500. The first-order valence-electron chi connectivity index (χ1n) is 5.24. The van der Waals surface area contributed by atoms with E-state index in [0.29, 0.717) is 0 Å². The topological polar surface area (TPSA) is 12.0 Å². The molecular weight excluding hydrogens is 194 g/mol. The summed E-state index contributed by atoms with van der Waals surface area (Å²) in [4.78, 5) is 0. The summed E-state index contributed by atoms with van der Waals surface area (Å²) in [6, 6.07) is 10.2. The number of nitrogens with one attached hydrogen (secondary N) is 1. The van der Waals surface area contributed by atoms with Gasteiger partial charge in [0, 0.05) is 6.54 Å². The molecule has 1 aromatic rings. The Morgan fingerprint density at radius 2 is 2.00 bits per heavy atom. The number of halogens is 1. The molecule has 1 aromatic carbocycles. The first-order valence-corrected chi connectivity index (χ1v) is 5.68. The van der Waals surface area contributed by atoms with Crippen LogP contribution in [0.25, 0.3) is 0 Å². The molecule has 0 saturated heterocycles. The summed E-state index contributed by atoms with van der Waals surface area (Å²) in [7, 11) is 0. The summed E-state index contributed by atoms with van der Waals surface area (Å²) >= 11 is 6.22. The standard InChI is InChI=1S/C12H18ClN/c1-2-3-9-14-10-12(13)11-7-5-4-6-8-11/h4-8,12,14H,2-3,9-10H2,1H3. The van der Waals surface area contributed by atoms with Crippen molar-refractivity contribution in [2.24, 2.45) is 0 Å². The first-order chi connectivity index (χ1) is 6.84. The van der Waals surface area contributed by atoms with Gasteiger partial charge in [-0.1, -0.05) is 43.7 Å². The molecule has 0 heterocycles. The molecule has 0 bridgehead atoms. The molecule has 1 unspecified atom stereocenters. The van der Waals surface area contributed by atoms with Gasteiger partial charge < -0.3 is 5.32 Å². The summed E-state index contributed by atoms with van der Waals surface area (Å²) in [6.45, 7) is 4.11. The van der Waals surface area contributed by atoms with E-state index in [2.05, 4.69) is 24.4 Å². The lowest BCUT2D eigenvalue weighted by Gasteiger charge is -2.10. The van der Waals surface area contributed by atoms with Crippen LogP contribution in [-0.2, 0) is 0 Å². The molecule has 0 aliphatic rings. The van der Waals surface area contributed by atoms with Gasteiger partial charge in [-0.2, -0.15) is 0 Å². The molecule has 78 valence electrons. The second kappa shape index (κ2) is 6.86. The average Bonchev–Trinajstić information content (AvgIpc) is 2.25. The molecule has 0 aromatic heterocycles. The van der Waals surface area contributed by atoms with Gasteiger partial charge in [0.15, 0.2) is 0 Å². The highest BCUT2D eigenvalue weighted by Gasteiger charge is 2.05. The van der Waals surface area contributed by atoms with Crippen molar-refractivity contribution in [1.29, 1.82) is 0 Å². The normalized spacial score (nSPS) is 12.7. The molecule has 0 saturated carbocycles. The number of alkyl halides is 1. The molecule has 0 aliphatic carbocycles. The Balaban J connectivity index is 2.25. The van der Waals surface area contributed by atoms with E-state index in [4.69, 9.17) is 11.6 Å². The van der Waals surface area contributed by atoms with Gasteiger partial charge in [0.2, 0.25) is 0 Å². The van der Waals surface area contributed by atoms with Crippen molar-refractivity contribution in [2.45, 2.75) is 25.1 Å². The smallest absolute Gasteiger partial charge is 0.0709 e. The molecule has 14 heavy (non-hydrogen) atoms. The van der Waals surface area contributed by atoms with Crippen LogP contribution in [0.4, 0.5) is 0 Å². The van der Waals surface area contributed by atoms with E-state index in [1.165, 1.54) is 18.4 Å². The third-order valence-electron chi connectivity index (χ3n) is 2.19. The molecular formula is C12H18ClN. The fourth-order valence-electron chi connectivity index (χ4n) is 1.31. The summed E-state index contributed by atoms with van der Waals surface area (Å²) in [5, 5.41) is 3.44. The van der Waals surface area contributed by atoms with Crippen LogP contribution in [0, 0.1) is 0 Å². The van der Waals surface area contributed by atoms with Gasteiger partial charge in [-0.05, 0) is 18.5 Å². The maximum atomic E-state index is 6.22. The third-order valence-corrected chi connectivity index (χ3v) is 2.60. The van der Waals surface area contributed by atoms with Crippen LogP contribution < -0.4 is 5.32 Å². The van der Waals surface area contributed by atoms with Gasteiger partial charge in [-0.3, -0.25) is 0 Å². The van der Waals surface area contributed by atoms with Crippen LogP contribution >= 0.6 is 11.6 Å². The molecule has 1 N–H and O–H groups in total. The molecule has 1 atom stereocenters. The van der Waals surface area contributed by atoms with Gasteiger partial charge in [0.25, 0.3) is 0 Å². The minimum Gasteiger partial charge on any atom is -0.315 e. The molecule has 0 spiro atoms. The number of hydrogen-bond donors (Lipinski definition) is 1. The predicted molar refractivity (Wildman–Crippen MR) is 62.8 cm³/mol. The molecule has 0 aliphatic heterocycles. The molecule has 1 nitrogen and oxygen atoms in total. The fourth-order valence-corrected chi connectivity index (χ4v) is 1.56. The van der Waals surface area contributed by atoms with Crippen LogP contribution in [0.15, 0.2) is 30.3 Å². The maximum absolute atomic E-state index is 6.22. The first kappa shape index (κ1) is 11.5. The zero-order valence-electron chi connectivity index (χ0n) is 8.67. The highest BCUT2D eigenvalue weighted by Crippen LogP contribution is 2.18. The Morgan fingerprint density at radius 3 is 2.64 bits per heavy atom. The predicted octanol–water partition coefficient (Wildman–Crippen LogP) is 3.36. The molecule has 0 fully saturated rings. The van der Waals surface area contributed by atoms with Crippen molar-refractivity contribution < 1.29 is 0 Å². The third kappa shape index (κ3) is 4.12. The van der Waals surface area contributed by atoms with Crippen LogP contribution in [-0.4, -0.2) is 13.1 Å². The van der Waals surface area contributed by atoms with Crippen LogP contribution in [0.5, 0.6) is 0 Å². The molecule has 0 radical (unpaired) electrons. The van der Waals surface area contributed by atoms with E-state index in [1.807, 2.05) is 18.2 Å². The van der Waals surface area contributed by atoms with Crippen molar-refractivity contribution in [1.82, 2.24) is 5.32 Å². The second-order valence-electron chi connectivity index (χ2n) is 3.44. The number of benzene rings is 1. The zero-order chi connectivity index (χ0) is 10.2. The van der Waals surface area contributed by atoms with Crippen molar-refractivity contribution in [3.63, 3.8) is 0 Å². The van der Waals surface area contributed by atoms with Gasteiger partial charge in [0.1, 0.15) is 0 Å². The lowest BCUT2D eigenvalue weighted by molar-refractivity contribution is 0.632. The number of rotatable bonds is 6. The van der Waals surface area contributed by atoms with Gasteiger partial charge >= 0.3 is 0 Å². The molecule has 1 rings (SSSR count). The SMILES string of the molecule is CCCCNCC(Cl)c1ccccc1. The average molecular weight is 212 g/mol. The quantitative estimate of drug-likeness (QED) is 0.562. The van der Waals surface area contributed by atoms with Gasteiger partial charge in [-0.15, -0.1) is 11.6 Å². The largest absolute Gasteiger partial charge is 0.315 e. The van der Waals surface area contributed by atoms with Crippen LogP contribution in [0.2, 0.25) is 0 Å². The van der Waals surface area contributed by atoms with E-state index in [0.717, 1.165) is 13.1 Å². The zero-order valence-corrected chi connectivity index (χ0v) is 9.43. The van der Waals surface area contributed by atoms with Gasteiger partial charge in [-0.25, -0.2) is 0 Å². The van der Waals surface area contributed by atoms with Crippen molar-refractivity contribution in [3.05, 3.63) is 35.9 Å². The highest BCUT2D eigenvalue weighted by atomic mass is 35.5. The van der Waals surface area contributed by atoms with Crippen molar-refractivity contribution in [3.8, 4) is 0 Å². The van der Waals surface area contributed by atoms with Crippen LogP contribution in [0.3, 0.4) is 0 Å². The van der Waals surface area contributed by atoms with E-state index in [1.54, 1.807) is 0 Å². The van der Waals surface area contributed by atoms with E-state index in [9.17, 15) is 0 Å². The van der Waals surface area contributed by atoms with Gasteiger partial charge in [0.05, 0.1) is 5.38 Å². The van der Waals surface area contributed by atoms with Crippen LogP contribution in [0.1, 0.15) is 30.7 Å². The van der Waals surface area contributed by atoms with E-state index in [-0.39, 0.29) is 5.38 Å². The Kier molecular flexibility index (Phi) is 5.65. The monoisotopic (exact) mass is 211 g/mol. The minimum absolute atomic E-state index is 0.0908. The van der Waals surface area contributed by atoms with Crippen molar-refractivity contribution in [2.75, 3.05) is 13.1 Å². The Bertz CT molecular complexity index is 235. The highest BCUT2D eigenvalue weighted by molar-refractivity contribution is 6.21. The maximum Gasteiger partial charge on any atom is 0.0709 e. The molecule has 0 amide bonds. The summed E-state index contributed by atoms with van der Waals surface area (Å²) in [5.41, 5.74) is 1.19. The molecule has 2 heteroatoms.